The second-order valence-corrected chi connectivity index (χ2v) is 12.4. The number of imidazole rings is 1. The fourth-order valence-electron chi connectivity index (χ4n) is 4.80. The molecule has 0 radical (unpaired) electrons. The number of anilines is 1. The largest absolute Gasteiger partial charge is 0.458 e. The maximum Gasteiger partial charge on any atom is 0.320 e. The van der Waals surface area contributed by atoms with E-state index in [9.17, 15) is 23.7 Å². The summed E-state index contributed by atoms with van der Waals surface area (Å²) in [6, 6.07) is 11.7. The third-order valence-corrected chi connectivity index (χ3v) is 9.15. The first kappa shape index (κ1) is 27.6. The van der Waals surface area contributed by atoms with Crippen LogP contribution in [0.5, 0.6) is 6.01 Å². The van der Waals surface area contributed by atoms with E-state index in [1.54, 1.807) is 42.5 Å². The molecule has 0 saturated carbocycles. The molecule has 1 aliphatic rings. The molecule has 4 heterocycles. The molecule has 0 unspecified atom stereocenters. The van der Waals surface area contributed by atoms with Gasteiger partial charge in [0.25, 0.3) is 10.0 Å². The number of aliphatic hydroxyl groups excluding tert-OH is 3. The van der Waals surface area contributed by atoms with Crippen LogP contribution in [0.25, 0.3) is 22.1 Å². The van der Waals surface area contributed by atoms with Crippen LogP contribution in [0, 0.1) is 6.92 Å². The molecule has 5 aromatic rings. The van der Waals surface area contributed by atoms with Gasteiger partial charge in [-0.2, -0.15) is 9.97 Å². The van der Waals surface area contributed by atoms with E-state index in [1.807, 2.05) is 6.92 Å². The molecule has 0 bridgehead atoms. The van der Waals surface area contributed by atoms with Crippen molar-refractivity contribution in [2.24, 2.45) is 0 Å². The Morgan fingerprint density at radius 1 is 1.12 bits per heavy atom. The zero-order chi connectivity index (χ0) is 29.1. The molecule has 0 amide bonds. The Morgan fingerprint density at radius 2 is 1.88 bits per heavy atom. The fraction of sp³-hybridized carbons (Fsp3) is 0.269. The number of hydrogen-bond donors (Lipinski definition) is 4. The Labute approximate surface area is 242 Å². The highest BCUT2D eigenvalue weighted by molar-refractivity contribution is 9.10. The minimum atomic E-state index is -3.91. The molecule has 214 valence electrons. The molecule has 1 aliphatic heterocycles. The number of benzene rings is 2. The van der Waals surface area contributed by atoms with Crippen LogP contribution in [-0.2, 0) is 21.4 Å². The molecule has 1 saturated heterocycles. The van der Waals surface area contributed by atoms with Crippen molar-refractivity contribution in [2.75, 3.05) is 12.3 Å². The summed E-state index contributed by atoms with van der Waals surface area (Å²) in [6.45, 7) is 1.29. The summed E-state index contributed by atoms with van der Waals surface area (Å²) in [5.74, 6) is 0.00242. The van der Waals surface area contributed by atoms with Gasteiger partial charge in [-0.1, -0.05) is 33.6 Å². The Hall–Kier alpha value is -3.60. The van der Waals surface area contributed by atoms with E-state index in [4.69, 9.17) is 15.2 Å². The molecular weight excluding hydrogens is 620 g/mol. The summed E-state index contributed by atoms with van der Waals surface area (Å²) in [5, 5.41) is 30.7. The van der Waals surface area contributed by atoms with Crippen molar-refractivity contribution in [3.05, 3.63) is 70.6 Å². The van der Waals surface area contributed by atoms with Gasteiger partial charge in [-0.15, -0.1) is 0 Å². The van der Waals surface area contributed by atoms with Crippen molar-refractivity contribution < 1.29 is 33.2 Å². The molecule has 4 atom stereocenters. The Morgan fingerprint density at radius 3 is 2.59 bits per heavy atom. The SMILES string of the molecule is Cc1ccc(S(=O)(=O)n2cc(COc3nc(N)c4ncn([C@@H]5O[C@H](CO)[C@@H](O)[C@H]5O)c4n3)c3cc(Br)ccc32)cc1. The summed E-state index contributed by atoms with van der Waals surface area (Å²) < 4.78 is 41.9. The summed E-state index contributed by atoms with van der Waals surface area (Å²) in [4.78, 5) is 12.9. The molecule has 1 fully saturated rings. The number of aryl methyl sites for hydroxylation is 1. The number of hydrogen-bond acceptors (Lipinski definition) is 11. The van der Waals surface area contributed by atoms with Crippen molar-refractivity contribution in [2.45, 2.75) is 43.0 Å². The van der Waals surface area contributed by atoms with Gasteiger partial charge in [0, 0.05) is 21.6 Å². The van der Waals surface area contributed by atoms with Gasteiger partial charge < -0.3 is 30.5 Å². The van der Waals surface area contributed by atoms with Crippen LogP contribution in [0.4, 0.5) is 5.82 Å². The van der Waals surface area contributed by atoms with Gasteiger partial charge in [0.15, 0.2) is 23.2 Å². The summed E-state index contributed by atoms with van der Waals surface area (Å²) in [6.07, 6.45) is -1.92. The van der Waals surface area contributed by atoms with E-state index < -0.39 is 41.2 Å². The van der Waals surface area contributed by atoms with E-state index in [0.717, 1.165) is 10.0 Å². The lowest BCUT2D eigenvalue weighted by molar-refractivity contribution is -0.0511. The number of nitrogens with zero attached hydrogens (tertiary/aromatic N) is 5. The smallest absolute Gasteiger partial charge is 0.320 e. The second kappa shape index (κ2) is 10.3. The lowest BCUT2D eigenvalue weighted by Crippen LogP contribution is -2.33. The van der Waals surface area contributed by atoms with E-state index in [1.165, 1.54) is 21.1 Å². The first-order valence-electron chi connectivity index (χ1n) is 12.5. The van der Waals surface area contributed by atoms with Crippen molar-refractivity contribution in [3.63, 3.8) is 0 Å². The van der Waals surface area contributed by atoms with Crippen LogP contribution in [0.2, 0.25) is 0 Å². The first-order chi connectivity index (χ1) is 19.6. The maximum atomic E-state index is 13.5. The van der Waals surface area contributed by atoms with E-state index >= 15 is 0 Å². The van der Waals surface area contributed by atoms with Gasteiger partial charge in [-0.3, -0.25) is 4.57 Å². The molecule has 0 aliphatic carbocycles. The van der Waals surface area contributed by atoms with Gasteiger partial charge in [-0.05, 0) is 37.3 Å². The standard InChI is InChI=1S/C26H25BrN6O7S/c1-13-2-5-16(6-3-13)41(37,38)33-9-14(17-8-15(27)4-7-18(17)33)11-39-26-30-23(28)20-24(31-26)32(12-29-20)25-22(36)21(35)19(10-34)40-25/h2-9,12,19,21-22,25,34-36H,10-11H2,1H3,(H2,28,30,31)/t19-,21-,22-,25-/m1/s1. The highest BCUT2D eigenvalue weighted by atomic mass is 79.9. The normalized spacial score (nSPS) is 21.2. The van der Waals surface area contributed by atoms with Crippen molar-refractivity contribution in [1.82, 2.24) is 23.5 Å². The summed E-state index contributed by atoms with van der Waals surface area (Å²) in [7, 11) is -3.91. The van der Waals surface area contributed by atoms with Crippen LogP contribution in [0.15, 0.2) is 64.4 Å². The lowest BCUT2D eigenvalue weighted by atomic mass is 10.1. The molecule has 3 aromatic heterocycles. The topological polar surface area (TPSA) is 188 Å². The predicted molar refractivity (Wildman–Crippen MR) is 150 cm³/mol. The first-order valence-corrected chi connectivity index (χ1v) is 14.7. The second-order valence-electron chi connectivity index (χ2n) is 9.66. The molecule has 5 N–H and O–H groups in total. The number of rotatable bonds is 7. The number of fused-ring (bicyclic) bond motifs is 2. The molecule has 13 nitrogen and oxygen atoms in total. The zero-order valence-corrected chi connectivity index (χ0v) is 23.9. The average molecular weight is 645 g/mol. The third-order valence-electron chi connectivity index (χ3n) is 6.97. The molecule has 6 rings (SSSR count). The minimum absolute atomic E-state index is 0.00242. The monoisotopic (exact) mass is 644 g/mol. The van der Waals surface area contributed by atoms with Gasteiger partial charge >= 0.3 is 6.01 Å². The van der Waals surface area contributed by atoms with Gasteiger partial charge in [0.05, 0.1) is 23.3 Å². The number of aromatic nitrogens is 5. The van der Waals surface area contributed by atoms with E-state index in [-0.39, 0.29) is 34.5 Å². The predicted octanol–water partition coefficient (Wildman–Crippen LogP) is 1.86. The van der Waals surface area contributed by atoms with Gasteiger partial charge in [0.2, 0.25) is 0 Å². The molecule has 2 aromatic carbocycles. The Balaban J connectivity index is 1.35. The van der Waals surface area contributed by atoms with Crippen LogP contribution >= 0.6 is 15.9 Å². The molecular formula is C26H25BrN6O7S. The quantitative estimate of drug-likeness (QED) is 0.202. The molecule has 0 spiro atoms. The summed E-state index contributed by atoms with van der Waals surface area (Å²) >= 11 is 3.45. The van der Waals surface area contributed by atoms with Crippen molar-refractivity contribution in [3.8, 4) is 6.01 Å². The Bertz CT molecular complexity index is 1880. The minimum Gasteiger partial charge on any atom is -0.458 e. The number of aliphatic hydroxyl groups is 3. The number of nitrogen functional groups attached to an aromatic ring is 1. The van der Waals surface area contributed by atoms with Crippen LogP contribution in [0.3, 0.4) is 0 Å². The molecule has 15 heteroatoms. The number of nitrogens with two attached hydrogens (primary N) is 1. The van der Waals surface area contributed by atoms with Gasteiger partial charge in [0.1, 0.15) is 24.9 Å². The van der Waals surface area contributed by atoms with Gasteiger partial charge in [-0.25, -0.2) is 17.4 Å². The third kappa shape index (κ3) is 4.73. The van der Waals surface area contributed by atoms with Crippen LogP contribution in [-0.4, -0.2) is 72.1 Å². The highest BCUT2D eigenvalue weighted by Crippen LogP contribution is 2.33. The molecule has 41 heavy (non-hydrogen) atoms. The van der Waals surface area contributed by atoms with Crippen molar-refractivity contribution in [1.29, 1.82) is 0 Å². The Kier molecular flexibility index (Phi) is 6.96. The van der Waals surface area contributed by atoms with E-state index in [0.29, 0.717) is 16.5 Å². The zero-order valence-electron chi connectivity index (χ0n) is 21.5. The fourth-order valence-corrected chi connectivity index (χ4v) is 6.55. The van der Waals surface area contributed by atoms with Crippen molar-refractivity contribution >= 4 is 53.8 Å². The van der Waals surface area contributed by atoms with Crippen LogP contribution in [0.1, 0.15) is 17.4 Å². The maximum absolute atomic E-state index is 13.5. The highest BCUT2D eigenvalue weighted by Gasteiger charge is 2.44. The van der Waals surface area contributed by atoms with Crippen LogP contribution < -0.4 is 10.5 Å². The lowest BCUT2D eigenvalue weighted by Gasteiger charge is -2.16. The summed E-state index contributed by atoms with van der Waals surface area (Å²) in [5.41, 5.74) is 8.46. The average Bonchev–Trinajstić information content (AvgIpc) is 3.62. The number of ether oxygens (including phenoxy) is 2. The number of halogens is 1. The van der Waals surface area contributed by atoms with E-state index in [2.05, 4.69) is 30.9 Å².